The summed E-state index contributed by atoms with van der Waals surface area (Å²) in [5.74, 6) is 0. The third kappa shape index (κ3) is 4.35. The lowest BCUT2D eigenvalue weighted by molar-refractivity contribution is -0.137. The molecule has 0 radical (unpaired) electrons. The van der Waals surface area contributed by atoms with Crippen molar-refractivity contribution in [3.8, 4) is 0 Å². The first-order chi connectivity index (χ1) is 10.0. The van der Waals surface area contributed by atoms with Crippen molar-refractivity contribution in [1.29, 1.82) is 0 Å². The smallest absolute Gasteiger partial charge is 0.369 e. The van der Waals surface area contributed by atoms with Crippen LogP contribution in [0.3, 0.4) is 0 Å². The van der Waals surface area contributed by atoms with Crippen molar-refractivity contribution >= 4 is 12.1 Å². The zero-order chi connectivity index (χ0) is 15.3. The third-order valence-corrected chi connectivity index (χ3v) is 3.59. The van der Waals surface area contributed by atoms with Crippen LogP contribution in [0, 0.1) is 0 Å². The van der Waals surface area contributed by atoms with E-state index in [1.54, 1.807) is 0 Å². The Kier molecular flexibility index (Phi) is 5.06. The lowest BCUT2D eigenvalue weighted by atomic mass is 10.1. The van der Waals surface area contributed by atoms with Crippen LogP contribution in [0.2, 0.25) is 0 Å². The molecule has 1 amide bonds. The van der Waals surface area contributed by atoms with Gasteiger partial charge in [-0.05, 0) is 24.3 Å². The maximum absolute atomic E-state index is 12.5. The summed E-state index contributed by atoms with van der Waals surface area (Å²) in [5.41, 5.74) is 0.193. The second-order valence-corrected chi connectivity index (χ2v) is 4.95. The Morgan fingerprint density at radius 3 is 2.24 bits per heavy atom. The standard InChI is InChI=1S/C14H18F3N3O/c15-14(16,17)12-1-3-13(4-2-12)20-9-7-19(8-10-20)6-5-18-11-21/h1-4,11H,5-10H2,(H,18,21). The highest BCUT2D eigenvalue weighted by molar-refractivity contribution is 5.48. The van der Waals surface area contributed by atoms with E-state index in [0.717, 1.165) is 50.5 Å². The maximum Gasteiger partial charge on any atom is 0.416 e. The predicted molar refractivity (Wildman–Crippen MR) is 74.2 cm³/mol. The molecular formula is C14H18F3N3O. The van der Waals surface area contributed by atoms with E-state index in [1.807, 2.05) is 0 Å². The molecule has 0 aliphatic carbocycles. The highest BCUT2D eigenvalue weighted by Crippen LogP contribution is 2.30. The molecule has 0 unspecified atom stereocenters. The van der Waals surface area contributed by atoms with E-state index in [0.29, 0.717) is 13.0 Å². The molecule has 21 heavy (non-hydrogen) atoms. The Labute approximate surface area is 121 Å². The number of hydrogen-bond donors (Lipinski definition) is 1. The maximum atomic E-state index is 12.5. The number of hydrogen-bond acceptors (Lipinski definition) is 3. The van der Waals surface area contributed by atoms with E-state index in [1.165, 1.54) is 12.1 Å². The zero-order valence-corrected chi connectivity index (χ0v) is 11.6. The quantitative estimate of drug-likeness (QED) is 0.662. The van der Waals surface area contributed by atoms with Crippen LogP contribution >= 0.6 is 0 Å². The molecular weight excluding hydrogens is 283 g/mol. The highest BCUT2D eigenvalue weighted by atomic mass is 19.4. The third-order valence-electron chi connectivity index (χ3n) is 3.59. The molecule has 0 spiro atoms. The van der Waals surface area contributed by atoms with Crippen LogP contribution < -0.4 is 10.2 Å². The molecule has 1 N–H and O–H groups in total. The van der Waals surface area contributed by atoms with Crippen LogP contribution in [0.5, 0.6) is 0 Å². The number of halogens is 3. The van der Waals surface area contributed by atoms with Crippen LogP contribution in [0.4, 0.5) is 18.9 Å². The molecule has 1 aromatic rings. The summed E-state index contributed by atoms with van der Waals surface area (Å²) in [5, 5.41) is 2.62. The van der Waals surface area contributed by atoms with Crippen LogP contribution in [0.1, 0.15) is 5.56 Å². The lowest BCUT2D eigenvalue weighted by Gasteiger charge is -2.36. The highest BCUT2D eigenvalue weighted by Gasteiger charge is 2.30. The van der Waals surface area contributed by atoms with Gasteiger partial charge in [0.2, 0.25) is 6.41 Å². The molecule has 116 valence electrons. The van der Waals surface area contributed by atoms with Crippen molar-refractivity contribution in [3.05, 3.63) is 29.8 Å². The van der Waals surface area contributed by atoms with Crippen LogP contribution in [0.15, 0.2) is 24.3 Å². The Balaban J connectivity index is 1.86. The second kappa shape index (κ2) is 6.80. The number of alkyl halides is 3. The van der Waals surface area contributed by atoms with Crippen molar-refractivity contribution < 1.29 is 18.0 Å². The zero-order valence-electron chi connectivity index (χ0n) is 11.6. The number of carbonyl (C=O) groups is 1. The molecule has 1 aliphatic rings. The molecule has 0 atom stereocenters. The number of amides is 1. The molecule has 0 aromatic heterocycles. The van der Waals surface area contributed by atoms with E-state index in [-0.39, 0.29) is 0 Å². The molecule has 1 saturated heterocycles. The number of piperazine rings is 1. The van der Waals surface area contributed by atoms with Crippen LogP contribution in [-0.4, -0.2) is 50.6 Å². The van der Waals surface area contributed by atoms with Gasteiger partial charge in [-0.25, -0.2) is 0 Å². The van der Waals surface area contributed by atoms with Crippen molar-refractivity contribution in [1.82, 2.24) is 10.2 Å². The summed E-state index contributed by atoms with van der Waals surface area (Å²) in [4.78, 5) is 14.5. The summed E-state index contributed by atoms with van der Waals surface area (Å²) >= 11 is 0. The normalized spacial score (nSPS) is 16.8. The number of rotatable bonds is 5. The lowest BCUT2D eigenvalue weighted by Crippen LogP contribution is -2.48. The minimum absolute atomic E-state index is 0.615. The molecule has 2 rings (SSSR count). The molecule has 7 heteroatoms. The van der Waals surface area contributed by atoms with E-state index in [4.69, 9.17) is 0 Å². The predicted octanol–water partition coefficient (Wildman–Crippen LogP) is 1.57. The minimum Gasteiger partial charge on any atom is -0.369 e. The van der Waals surface area contributed by atoms with Gasteiger partial charge < -0.3 is 10.2 Å². The Hall–Kier alpha value is -1.76. The molecule has 0 saturated carbocycles. The van der Waals surface area contributed by atoms with E-state index in [2.05, 4.69) is 15.1 Å². The van der Waals surface area contributed by atoms with Crippen LogP contribution in [0.25, 0.3) is 0 Å². The van der Waals surface area contributed by atoms with Gasteiger partial charge in [0.1, 0.15) is 0 Å². The van der Waals surface area contributed by atoms with Crippen molar-refractivity contribution in [2.24, 2.45) is 0 Å². The van der Waals surface area contributed by atoms with E-state index >= 15 is 0 Å². The van der Waals surface area contributed by atoms with E-state index < -0.39 is 11.7 Å². The summed E-state index contributed by atoms with van der Waals surface area (Å²) in [6.45, 7) is 4.62. The fourth-order valence-electron chi connectivity index (χ4n) is 2.37. The molecule has 0 bridgehead atoms. The first kappa shape index (κ1) is 15.6. The summed E-state index contributed by atoms with van der Waals surface area (Å²) in [6.07, 6.45) is -3.61. The average molecular weight is 301 g/mol. The fraction of sp³-hybridized carbons (Fsp3) is 0.500. The summed E-state index contributed by atoms with van der Waals surface area (Å²) in [7, 11) is 0. The van der Waals surface area contributed by atoms with Crippen molar-refractivity contribution in [2.75, 3.05) is 44.2 Å². The summed E-state index contributed by atoms with van der Waals surface area (Å²) in [6, 6.07) is 5.28. The number of nitrogens with zero attached hydrogens (tertiary/aromatic N) is 2. The summed E-state index contributed by atoms with van der Waals surface area (Å²) < 4.78 is 37.5. The number of nitrogens with one attached hydrogen (secondary N) is 1. The Bertz CT molecular complexity index is 454. The second-order valence-electron chi connectivity index (χ2n) is 4.95. The van der Waals surface area contributed by atoms with Crippen LogP contribution in [-0.2, 0) is 11.0 Å². The molecule has 1 aliphatic heterocycles. The first-order valence-electron chi connectivity index (χ1n) is 6.82. The molecule has 4 nitrogen and oxygen atoms in total. The topological polar surface area (TPSA) is 35.6 Å². The van der Waals surface area contributed by atoms with Gasteiger partial charge in [-0.2, -0.15) is 13.2 Å². The van der Waals surface area contributed by atoms with Crippen molar-refractivity contribution in [3.63, 3.8) is 0 Å². The van der Waals surface area contributed by atoms with Gasteiger partial charge in [-0.1, -0.05) is 0 Å². The first-order valence-corrected chi connectivity index (χ1v) is 6.82. The van der Waals surface area contributed by atoms with Gasteiger partial charge in [0.15, 0.2) is 0 Å². The van der Waals surface area contributed by atoms with Gasteiger partial charge in [0, 0.05) is 45.0 Å². The van der Waals surface area contributed by atoms with E-state index in [9.17, 15) is 18.0 Å². The SMILES string of the molecule is O=CNCCN1CCN(c2ccc(C(F)(F)F)cc2)CC1. The minimum atomic E-state index is -4.29. The fourth-order valence-corrected chi connectivity index (χ4v) is 2.37. The molecule has 1 heterocycles. The molecule has 1 aromatic carbocycles. The Morgan fingerprint density at radius 2 is 1.71 bits per heavy atom. The monoisotopic (exact) mass is 301 g/mol. The van der Waals surface area contributed by atoms with Gasteiger partial charge >= 0.3 is 6.18 Å². The van der Waals surface area contributed by atoms with Gasteiger partial charge in [0.05, 0.1) is 5.56 Å². The number of carbonyl (C=O) groups excluding carboxylic acids is 1. The molecule has 1 fully saturated rings. The van der Waals surface area contributed by atoms with Gasteiger partial charge in [-0.3, -0.25) is 9.69 Å². The number of benzene rings is 1. The average Bonchev–Trinajstić information content (AvgIpc) is 2.48. The largest absolute Gasteiger partial charge is 0.416 e. The van der Waals surface area contributed by atoms with Gasteiger partial charge in [0.25, 0.3) is 0 Å². The Morgan fingerprint density at radius 1 is 1.10 bits per heavy atom. The van der Waals surface area contributed by atoms with Crippen molar-refractivity contribution in [2.45, 2.75) is 6.18 Å². The van der Waals surface area contributed by atoms with Gasteiger partial charge in [-0.15, -0.1) is 0 Å². The number of anilines is 1.